The summed E-state index contributed by atoms with van der Waals surface area (Å²) in [6, 6.07) is 17.2. The molecule has 6 nitrogen and oxygen atoms in total. The Labute approximate surface area is 181 Å². The lowest BCUT2D eigenvalue weighted by molar-refractivity contribution is -0.129. The van der Waals surface area contributed by atoms with E-state index in [9.17, 15) is 19.8 Å². The average Bonchev–Trinajstić information content (AvgIpc) is 3.12. The standard InChI is InChI=1S/C24H16O6S/c1-2-21(27)29-18-5-3-4-6-19(18)30-23-17-12-11-16(26)13-20(17)31-24(23)22(28)14-7-9-15(25)10-8-14/h2-13,25-26H,1H2. The SMILES string of the molecule is C=CC(=O)Oc1ccccc1Oc1c(C(=O)c2ccc(O)cc2)sc2cc(O)ccc12. The second-order valence-corrected chi connectivity index (χ2v) is 7.54. The molecule has 31 heavy (non-hydrogen) atoms. The lowest BCUT2D eigenvalue weighted by Crippen LogP contribution is -2.05. The van der Waals surface area contributed by atoms with E-state index in [0.717, 1.165) is 6.08 Å². The average molecular weight is 432 g/mol. The molecule has 3 aromatic carbocycles. The maximum Gasteiger partial charge on any atom is 0.335 e. The van der Waals surface area contributed by atoms with Crippen molar-refractivity contribution < 1.29 is 29.3 Å². The fraction of sp³-hybridized carbons (Fsp3) is 0. The van der Waals surface area contributed by atoms with Crippen LogP contribution in [0.15, 0.2) is 79.4 Å². The minimum absolute atomic E-state index is 0.0484. The molecular weight excluding hydrogens is 416 g/mol. The van der Waals surface area contributed by atoms with E-state index < -0.39 is 5.97 Å². The normalized spacial score (nSPS) is 10.6. The van der Waals surface area contributed by atoms with Crippen molar-refractivity contribution in [2.75, 3.05) is 0 Å². The van der Waals surface area contributed by atoms with Crippen LogP contribution in [0, 0.1) is 0 Å². The van der Waals surface area contributed by atoms with Gasteiger partial charge in [0.1, 0.15) is 16.4 Å². The van der Waals surface area contributed by atoms with Crippen molar-refractivity contribution in [3.63, 3.8) is 0 Å². The second-order valence-electron chi connectivity index (χ2n) is 6.49. The zero-order valence-corrected chi connectivity index (χ0v) is 16.9. The van der Waals surface area contributed by atoms with Crippen LogP contribution in [0.2, 0.25) is 0 Å². The summed E-state index contributed by atoms with van der Waals surface area (Å²) in [5, 5.41) is 20.0. The van der Waals surface area contributed by atoms with Crippen molar-refractivity contribution in [2.45, 2.75) is 0 Å². The molecule has 2 N–H and O–H groups in total. The number of ketones is 1. The van der Waals surface area contributed by atoms with E-state index >= 15 is 0 Å². The zero-order valence-electron chi connectivity index (χ0n) is 16.1. The van der Waals surface area contributed by atoms with Gasteiger partial charge in [0.15, 0.2) is 17.2 Å². The molecule has 4 rings (SSSR count). The molecule has 0 saturated heterocycles. The number of carbonyl (C=O) groups is 2. The summed E-state index contributed by atoms with van der Waals surface area (Å²) in [5.41, 5.74) is 0.366. The van der Waals surface area contributed by atoms with Crippen molar-refractivity contribution >= 4 is 33.2 Å². The smallest absolute Gasteiger partial charge is 0.335 e. The Morgan fingerprint density at radius 2 is 1.58 bits per heavy atom. The Hall–Kier alpha value is -4.10. The Kier molecular flexibility index (Phi) is 5.43. The van der Waals surface area contributed by atoms with E-state index in [2.05, 4.69) is 6.58 Å². The third-order valence-electron chi connectivity index (χ3n) is 4.40. The molecule has 0 unspecified atom stereocenters. The highest BCUT2D eigenvalue weighted by Gasteiger charge is 2.23. The number of thiophene rings is 1. The van der Waals surface area contributed by atoms with Gasteiger partial charge in [0.2, 0.25) is 5.78 Å². The number of para-hydroxylation sites is 2. The van der Waals surface area contributed by atoms with Crippen LogP contribution in [-0.4, -0.2) is 22.0 Å². The molecule has 4 aromatic rings. The van der Waals surface area contributed by atoms with E-state index in [1.165, 1.54) is 41.7 Å². The molecule has 0 spiro atoms. The molecule has 0 aliphatic rings. The fourth-order valence-electron chi connectivity index (χ4n) is 2.94. The van der Waals surface area contributed by atoms with Crippen molar-refractivity contribution in [3.05, 3.63) is 89.8 Å². The van der Waals surface area contributed by atoms with Gasteiger partial charge >= 0.3 is 5.97 Å². The van der Waals surface area contributed by atoms with Gasteiger partial charge in [-0.1, -0.05) is 18.7 Å². The Morgan fingerprint density at radius 1 is 0.903 bits per heavy atom. The van der Waals surface area contributed by atoms with Crippen molar-refractivity contribution in [1.82, 2.24) is 0 Å². The molecule has 0 radical (unpaired) electrons. The first-order valence-electron chi connectivity index (χ1n) is 9.16. The van der Waals surface area contributed by atoms with Crippen LogP contribution in [-0.2, 0) is 4.79 Å². The molecule has 1 aromatic heterocycles. The minimum Gasteiger partial charge on any atom is -0.508 e. The predicted octanol–water partition coefficient (Wildman–Crippen LogP) is 5.43. The summed E-state index contributed by atoms with van der Waals surface area (Å²) in [7, 11) is 0. The number of ether oxygens (including phenoxy) is 2. The first-order chi connectivity index (χ1) is 15.0. The lowest BCUT2D eigenvalue weighted by atomic mass is 10.1. The molecule has 0 bridgehead atoms. The maximum absolute atomic E-state index is 13.2. The van der Waals surface area contributed by atoms with Crippen molar-refractivity contribution in [3.8, 4) is 28.7 Å². The van der Waals surface area contributed by atoms with E-state index in [4.69, 9.17) is 9.47 Å². The van der Waals surface area contributed by atoms with Gasteiger partial charge in [-0.05, 0) is 54.6 Å². The zero-order chi connectivity index (χ0) is 22.0. The maximum atomic E-state index is 13.2. The molecule has 0 aliphatic heterocycles. The number of phenolic OH excluding ortho intramolecular Hbond substituents is 2. The van der Waals surface area contributed by atoms with E-state index in [1.54, 1.807) is 36.4 Å². The fourth-order valence-corrected chi connectivity index (χ4v) is 4.06. The highest BCUT2D eigenvalue weighted by molar-refractivity contribution is 7.21. The van der Waals surface area contributed by atoms with Crippen LogP contribution >= 0.6 is 11.3 Å². The second kappa shape index (κ2) is 8.33. The molecule has 0 aliphatic carbocycles. The van der Waals surface area contributed by atoms with Crippen LogP contribution in [0.5, 0.6) is 28.7 Å². The number of aromatic hydroxyl groups is 2. The van der Waals surface area contributed by atoms with Crippen molar-refractivity contribution in [2.24, 2.45) is 0 Å². The summed E-state index contributed by atoms with van der Waals surface area (Å²) in [6.07, 6.45) is 1.04. The van der Waals surface area contributed by atoms with Gasteiger partial charge in [0, 0.05) is 21.7 Å². The molecule has 0 amide bonds. The summed E-state index contributed by atoms with van der Waals surface area (Å²) < 4.78 is 12.0. The number of esters is 1. The van der Waals surface area contributed by atoms with Crippen LogP contribution in [0.25, 0.3) is 10.1 Å². The number of phenols is 2. The number of rotatable bonds is 6. The van der Waals surface area contributed by atoms with Crippen LogP contribution in [0.3, 0.4) is 0 Å². The highest BCUT2D eigenvalue weighted by atomic mass is 32.1. The topological polar surface area (TPSA) is 93.1 Å². The molecule has 0 saturated carbocycles. The van der Waals surface area contributed by atoms with Gasteiger partial charge in [0.05, 0.1) is 0 Å². The Bertz CT molecular complexity index is 1300. The quantitative estimate of drug-likeness (QED) is 0.183. The van der Waals surface area contributed by atoms with Crippen molar-refractivity contribution in [1.29, 1.82) is 0 Å². The van der Waals surface area contributed by atoms with Gasteiger partial charge in [-0.25, -0.2) is 4.79 Å². The van der Waals surface area contributed by atoms with Gasteiger partial charge in [-0.15, -0.1) is 11.3 Å². The summed E-state index contributed by atoms with van der Waals surface area (Å²) in [5.74, 6) is -0.150. The first-order valence-corrected chi connectivity index (χ1v) is 9.98. The van der Waals surface area contributed by atoms with E-state index in [-0.39, 0.29) is 34.5 Å². The summed E-state index contributed by atoms with van der Waals surface area (Å²) in [4.78, 5) is 25.2. The van der Waals surface area contributed by atoms with Gasteiger partial charge in [-0.2, -0.15) is 0 Å². The molecular formula is C24H16O6S. The monoisotopic (exact) mass is 432 g/mol. The lowest BCUT2D eigenvalue weighted by Gasteiger charge is -2.11. The molecule has 0 fully saturated rings. The van der Waals surface area contributed by atoms with Crippen LogP contribution in [0.1, 0.15) is 15.2 Å². The van der Waals surface area contributed by atoms with Crippen LogP contribution < -0.4 is 9.47 Å². The van der Waals surface area contributed by atoms with E-state index in [0.29, 0.717) is 20.5 Å². The largest absolute Gasteiger partial charge is 0.508 e. The summed E-state index contributed by atoms with van der Waals surface area (Å²) in [6.45, 7) is 3.39. The van der Waals surface area contributed by atoms with Gasteiger partial charge < -0.3 is 19.7 Å². The highest BCUT2D eigenvalue weighted by Crippen LogP contribution is 2.44. The molecule has 7 heteroatoms. The number of hydrogen-bond acceptors (Lipinski definition) is 7. The third kappa shape index (κ3) is 4.12. The molecule has 0 atom stereocenters. The molecule has 1 heterocycles. The number of hydrogen-bond donors (Lipinski definition) is 2. The van der Waals surface area contributed by atoms with Gasteiger partial charge in [-0.3, -0.25) is 4.79 Å². The predicted molar refractivity (Wildman–Crippen MR) is 117 cm³/mol. The Morgan fingerprint density at radius 3 is 2.29 bits per heavy atom. The van der Waals surface area contributed by atoms with E-state index in [1.807, 2.05) is 0 Å². The summed E-state index contributed by atoms with van der Waals surface area (Å²) >= 11 is 1.17. The van der Waals surface area contributed by atoms with Crippen LogP contribution in [0.4, 0.5) is 0 Å². The van der Waals surface area contributed by atoms with Gasteiger partial charge in [0.25, 0.3) is 0 Å². The Balaban J connectivity index is 1.83. The minimum atomic E-state index is -0.642. The third-order valence-corrected chi connectivity index (χ3v) is 5.53. The molecule has 154 valence electrons. The number of fused-ring (bicyclic) bond motifs is 1. The number of benzene rings is 3. The number of carbonyl (C=O) groups excluding carboxylic acids is 2. The first kappa shape index (κ1) is 20.2.